The molecule has 0 saturated carbocycles. The number of carbonyl (C=O) groups is 3. The lowest BCUT2D eigenvalue weighted by Gasteiger charge is -2.07. The number of amides is 1. The minimum Gasteiger partial charge on any atom is -0.454 e. The Bertz CT molecular complexity index is 756. The Balaban J connectivity index is 1.94. The van der Waals surface area contributed by atoms with Crippen LogP contribution >= 0.6 is 11.6 Å². The summed E-state index contributed by atoms with van der Waals surface area (Å²) in [4.78, 5) is 35.2. The first-order valence-electron chi connectivity index (χ1n) is 7.36. The zero-order valence-electron chi connectivity index (χ0n) is 13.0. The summed E-state index contributed by atoms with van der Waals surface area (Å²) in [5.41, 5.74) is 1.19. The van der Waals surface area contributed by atoms with Crippen LogP contribution in [0.2, 0.25) is 5.02 Å². The van der Waals surface area contributed by atoms with Gasteiger partial charge in [0.25, 0.3) is 0 Å². The van der Waals surface area contributed by atoms with E-state index in [0.29, 0.717) is 22.7 Å². The topological polar surface area (TPSA) is 72.5 Å². The number of carbonyl (C=O) groups excluding carboxylic acids is 3. The molecule has 0 aliphatic heterocycles. The number of hydrogen-bond acceptors (Lipinski definition) is 4. The first kappa shape index (κ1) is 17.7. The summed E-state index contributed by atoms with van der Waals surface area (Å²) in [6.45, 7) is 1.36. The van der Waals surface area contributed by atoms with Gasteiger partial charge >= 0.3 is 5.97 Å². The van der Waals surface area contributed by atoms with Gasteiger partial charge in [-0.05, 0) is 36.4 Å². The van der Waals surface area contributed by atoms with E-state index in [2.05, 4.69) is 5.32 Å². The number of rotatable bonds is 6. The zero-order valence-corrected chi connectivity index (χ0v) is 13.8. The van der Waals surface area contributed by atoms with Gasteiger partial charge in [-0.2, -0.15) is 0 Å². The maximum absolute atomic E-state index is 12.0. The number of benzene rings is 2. The van der Waals surface area contributed by atoms with Crippen LogP contribution in [0.1, 0.15) is 34.1 Å². The highest BCUT2D eigenvalue weighted by atomic mass is 35.5. The molecule has 5 nitrogen and oxygen atoms in total. The summed E-state index contributed by atoms with van der Waals surface area (Å²) in [5, 5.41) is 2.99. The van der Waals surface area contributed by atoms with Gasteiger partial charge in [-0.1, -0.05) is 30.7 Å². The molecular formula is C18H16ClNO4. The molecule has 0 atom stereocenters. The molecule has 0 unspecified atom stereocenters. The monoisotopic (exact) mass is 345 g/mol. The van der Waals surface area contributed by atoms with Gasteiger partial charge in [-0.25, -0.2) is 4.79 Å². The standard InChI is InChI=1S/C18H16ClNO4/c1-2-17(22)20-13-9-7-12(8-10-13)18(23)24-11-16(21)14-5-3-4-6-15(14)19/h3-10H,2,11H2,1H3,(H,20,22). The van der Waals surface area contributed by atoms with Crippen molar-refractivity contribution in [1.29, 1.82) is 0 Å². The third-order valence-electron chi connectivity index (χ3n) is 3.23. The number of hydrogen-bond donors (Lipinski definition) is 1. The summed E-state index contributed by atoms with van der Waals surface area (Å²) in [6.07, 6.45) is 0.369. The highest BCUT2D eigenvalue weighted by Crippen LogP contribution is 2.16. The molecule has 24 heavy (non-hydrogen) atoms. The van der Waals surface area contributed by atoms with Crippen LogP contribution < -0.4 is 5.32 Å². The summed E-state index contributed by atoms with van der Waals surface area (Å²) in [5.74, 6) is -1.11. The van der Waals surface area contributed by atoms with E-state index >= 15 is 0 Å². The van der Waals surface area contributed by atoms with Gasteiger partial charge in [0.05, 0.1) is 10.6 Å². The molecule has 0 aliphatic carbocycles. The Kier molecular flexibility index (Phi) is 6.09. The van der Waals surface area contributed by atoms with Crippen molar-refractivity contribution in [3.05, 3.63) is 64.7 Å². The van der Waals surface area contributed by atoms with E-state index in [1.165, 1.54) is 12.1 Å². The van der Waals surface area contributed by atoms with Gasteiger partial charge in [-0.3, -0.25) is 9.59 Å². The number of anilines is 1. The van der Waals surface area contributed by atoms with E-state index in [9.17, 15) is 14.4 Å². The van der Waals surface area contributed by atoms with Gasteiger partial charge in [0.1, 0.15) is 0 Å². The zero-order chi connectivity index (χ0) is 17.5. The second kappa shape index (κ2) is 8.26. The maximum Gasteiger partial charge on any atom is 0.338 e. The molecule has 0 bridgehead atoms. The van der Waals surface area contributed by atoms with Crippen LogP contribution in [0.4, 0.5) is 5.69 Å². The second-order valence-electron chi connectivity index (χ2n) is 4.96. The largest absolute Gasteiger partial charge is 0.454 e. The molecule has 0 fully saturated rings. The van der Waals surface area contributed by atoms with Crippen molar-refractivity contribution in [1.82, 2.24) is 0 Å². The quantitative estimate of drug-likeness (QED) is 0.639. The Labute approximate surface area is 144 Å². The Morgan fingerprint density at radius 3 is 2.33 bits per heavy atom. The van der Waals surface area contributed by atoms with Crippen molar-refractivity contribution in [2.75, 3.05) is 11.9 Å². The van der Waals surface area contributed by atoms with Crippen LogP contribution in [0, 0.1) is 0 Å². The molecule has 2 rings (SSSR count). The molecular weight excluding hydrogens is 330 g/mol. The fourth-order valence-corrected chi connectivity index (χ4v) is 2.16. The SMILES string of the molecule is CCC(=O)Nc1ccc(C(=O)OCC(=O)c2ccccc2Cl)cc1. The molecule has 0 radical (unpaired) electrons. The van der Waals surface area contributed by atoms with Crippen molar-refractivity contribution in [3.8, 4) is 0 Å². The fraction of sp³-hybridized carbons (Fsp3) is 0.167. The van der Waals surface area contributed by atoms with Crippen molar-refractivity contribution in [2.24, 2.45) is 0 Å². The minimum atomic E-state index is -0.622. The number of esters is 1. The average molecular weight is 346 g/mol. The normalized spacial score (nSPS) is 10.1. The number of ether oxygens (including phenoxy) is 1. The van der Waals surface area contributed by atoms with Crippen molar-refractivity contribution >= 4 is 34.9 Å². The van der Waals surface area contributed by atoms with E-state index in [4.69, 9.17) is 16.3 Å². The van der Waals surface area contributed by atoms with Crippen LogP contribution in [0.3, 0.4) is 0 Å². The summed E-state index contributed by atoms with van der Waals surface area (Å²) in [7, 11) is 0. The molecule has 0 aliphatic rings. The van der Waals surface area contributed by atoms with Gasteiger partial charge < -0.3 is 10.1 Å². The molecule has 0 aromatic heterocycles. The first-order chi connectivity index (χ1) is 11.5. The smallest absolute Gasteiger partial charge is 0.338 e. The lowest BCUT2D eigenvalue weighted by molar-refractivity contribution is -0.115. The van der Waals surface area contributed by atoms with E-state index in [0.717, 1.165) is 0 Å². The van der Waals surface area contributed by atoms with Gasteiger partial charge in [0.15, 0.2) is 6.61 Å². The van der Waals surface area contributed by atoms with E-state index < -0.39 is 12.6 Å². The van der Waals surface area contributed by atoms with Crippen molar-refractivity contribution < 1.29 is 19.1 Å². The van der Waals surface area contributed by atoms with Crippen LogP contribution in [0.5, 0.6) is 0 Å². The van der Waals surface area contributed by atoms with Crippen molar-refractivity contribution in [2.45, 2.75) is 13.3 Å². The third kappa shape index (κ3) is 4.67. The molecule has 1 N–H and O–H groups in total. The Hall–Kier alpha value is -2.66. The number of nitrogens with one attached hydrogen (secondary N) is 1. The maximum atomic E-state index is 12.0. The molecule has 1 amide bonds. The molecule has 2 aromatic carbocycles. The fourth-order valence-electron chi connectivity index (χ4n) is 1.92. The first-order valence-corrected chi connectivity index (χ1v) is 7.74. The number of halogens is 1. The lowest BCUT2D eigenvalue weighted by Crippen LogP contribution is -2.15. The molecule has 2 aromatic rings. The summed E-state index contributed by atoms with van der Waals surface area (Å²) >= 11 is 5.93. The van der Waals surface area contributed by atoms with Gasteiger partial charge in [-0.15, -0.1) is 0 Å². The molecule has 6 heteroatoms. The molecule has 124 valence electrons. The predicted octanol–water partition coefficient (Wildman–Crippen LogP) is 3.73. The summed E-state index contributed by atoms with van der Waals surface area (Å²) in [6, 6.07) is 12.8. The summed E-state index contributed by atoms with van der Waals surface area (Å²) < 4.78 is 5.01. The Morgan fingerprint density at radius 1 is 1.04 bits per heavy atom. The Morgan fingerprint density at radius 2 is 1.71 bits per heavy atom. The number of ketones is 1. The predicted molar refractivity (Wildman–Crippen MR) is 91.4 cm³/mol. The van der Waals surface area contributed by atoms with Crippen LogP contribution in [-0.4, -0.2) is 24.3 Å². The minimum absolute atomic E-state index is 0.115. The van der Waals surface area contributed by atoms with E-state index in [-0.39, 0.29) is 17.3 Å². The van der Waals surface area contributed by atoms with Gasteiger partial charge in [0.2, 0.25) is 11.7 Å². The van der Waals surface area contributed by atoms with Crippen LogP contribution in [0.15, 0.2) is 48.5 Å². The average Bonchev–Trinajstić information content (AvgIpc) is 2.60. The van der Waals surface area contributed by atoms with E-state index in [1.807, 2.05) is 0 Å². The van der Waals surface area contributed by atoms with Crippen LogP contribution in [-0.2, 0) is 9.53 Å². The second-order valence-corrected chi connectivity index (χ2v) is 5.37. The van der Waals surface area contributed by atoms with Crippen LogP contribution in [0.25, 0.3) is 0 Å². The van der Waals surface area contributed by atoms with E-state index in [1.54, 1.807) is 43.3 Å². The molecule has 0 saturated heterocycles. The van der Waals surface area contributed by atoms with Gasteiger partial charge in [0, 0.05) is 17.7 Å². The number of Topliss-reactive ketones (excluding diaryl/α,β-unsaturated/α-hetero) is 1. The van der Waals surface area contributed by atoms with Crippen molar-refractivity contribution in [3.63, 3.8) is 0 Å². The highest BCUT2D eigenvalue weighted by molar-refractivity contribution is 6.34. The molecule has 0 heterocycles. The highest BCUT2D eigenvalue weighted by Gasteiger charge is 2.14. The molecule has 0 spiro atoms. The lowest BCUT2D eigenvalue weighted by atomic mass is 10.1. The third-order valence-corrected chi connectivity index (χ3v) is 3.56.